The first-order valence-electron chi connectivity index (χ1n) is 27.6. The van der Waals surface area contributed by atoms with Crippen LogP contribution in [-0.2, 0) is 67.0 Å². The third-order valence-electron chi connectivity index (χ3n) is 12.5. The fraction of sp³-hybridized carbons (Fsp3) is 0.600. The summed E-state index contributed by atoms with van der Waals surface area (Å²) in [7, 11) is -3.83. The summed E-state index contributed by atoms with van der Waals surface area (Å²) in [5, 5.41) is 14.0. The molecule has 0 saturated carbocycles. The number of terminal acetylenes is 1. The summed E-state index contributed by atoms with van der Waals surface area (Å²) in [6.07, 6.45) is 14.1. The van der Waals surface area contributed by atoms with Gasteiger partial charge in [0.25, 0.3) is 0 Å². The number of rotatable bonds is 38. The number of anilines is 2. The van der Waals surface area contributed by atoms with Crippen LogP contribution in [0.4, 0.5) is 24.7 Å². The minimum absolute atomic E-state index is 0.0288. The molecule has 0 radical (unpaired) electrons. The lowest BCUT2D eigenvalue weighted by Gasteiger charge is -2.37. The number of ether oxygens (including phenoxy) is 10. The van der Waals surface area contributed by atoms with Gasteiger partial charge in [-0.05, 0) is 55.1 Å². The smallest absolute Gasteiger partial charge is 0.226 e. The lowest BCUT2D eigenvalue weighted by Crippen LogP contribution is -2.47. The van der Waals surface area contributed by atoms with Crippen molar-refractivity contribution in [2.24, 2.45) is 0 Å². The Bertz CT molecular complexity index is 2650. The summed E-state index contributed by atoms with van der Waals surface area (Å²) in [4.78, 5) is 51.5. The molecule has 84 heavy (non-hydrogen) atoms. The molecule has 466 valence electrons. The number of carbonyl (C=O) groups is 1. The molecule has 0 spiro atoms. The molecule has 0 amide bonds. The van der Waals surface area contributed by atoms with Crippen molar-refractivity contribution < 1.29 is 80.0 Å². The standard InChI is InChI=1S/C50H67ClF3N9O11.C3H11O3P2.C2H2/c1-2-41-7-8-47(74-41)63-49-44(34-55-63)48(56-50(51)57-49)61-12-10-60(11-13-61)39-3-5-42(6-4-39)73-30-29-71-26-25-69-23-24-70-27-28-72-36-38-35-62(59-58-38)14-16-66-18-20-68-22-21-67-19-17-65-15-9-40(64)33-43-45(53)31-37(52)32-46(43)54;1-8(2,6)3-7(4)5;1-2/h3-6,31-32,34-35,41,47H,2,7-30,33,36H2,1H3;4-6H,3H2,1-2H3;1-2H/q;+1;. The van der Waals surface area contributed by atoms with Gasteiger partial charge < -0.3 is 67.0 Å². The minimum atomic E-state index is -1.94. The molecule has 5 heterocycles. The topological polar surface area (TPSA) is 251 Å². The van der Waals surface area contributed by atoms with Crippen LogP contribution >= 0.6 is 27.5 Å². The number of benzene rings is 2. The monoisotopic (exact) mass is 1240 g/mol. The minimum Gasteiger partial charge on any atom is -0.491 e. The van der Waals surface area contributed by atoms with Crippen LogP contribution in [0.15, 0.2) is 48.8 Å². The van der Waals surface area contributed by atoms with Crippen molar-refractivity contribution in [2.45, 2.75) is 64.5 Å². The number of hydrogen-bond donors (Lipinski definition) is 3. The van der Waals surface area contributed by atoms with Gasteiger partial charge in [-0.3, -0.25) is 9.69 Å². The number of ketones is 1. The SMILES string of the molecule is C#C.CCC1CCC(n2ncc3c(N4CCN(c5ccc(OCCOCCOCCOCCOCc6cn(CCOCCOCCOCCOCCC(=O)Cc7c(F)cc(F)cc7F)nn6)cc5)CC4)nc(Cl)nc32)O1.C[P+](C)(O)CP(O)O. The zero-order valence-electron chi connectivity index (χ0n) is 48.0. The Morgan fingerprint density at radius 2 is 1.31 bits per heavy atom. The third-order valence-corrected chi connectivity index (χ3v) is 16.5. The molecule has 2 aromatic carbocycles. The fourth-order valence-corrected chi connectivity index (χ4v) is 11.1. The molecule has 0 aliphatic carbocycles. The Labute approximate surface area is 495 Å². The molecule has 3 N–H and O–H groups in total. The maximum absolute atomic E-state index is 13.7. The van der Waals surface area contributed by atoms with Crippen molar-refractivity contribution in [3.8, 4) is 18.6 Å². The first-order chi connectivity index (χ1) is 40.6. The van der Waals surface area contributed by atoms with Crippen LogP contribution in [0.25, 0.3) is 11.0 Å². The maximum atomic E-state index is 13.7. The van der Waals surface area contributed by atoms with Crippen molar-refractivity contribution in [2.75, 3.05) is 161 Å². The van der Waals surface area contributed by atoms with Gasteiger partial charge in [0.2, 0.25) is 13.7 Å². The van der Waals surface area contributed by atoms with Crippen LogP contribution in [0.3, 0.4) is 0 Å². The molecular formula is C55H80ClF3N9O14P2+. The Kier molecular flexibility index (Phi) is 32.6. The van der Waals surface area contributed by atoms with E-state index >= 15 is 0 Å². The van der Waals surface area contributed by atoms with E-state index in [9.17, 15) is 18.0 Å². The predicted molar refractivity (Wildman–Crippen MR) is 312 cm³/mol. The number of halogens is 4. The van der Waals surface area contributed by atoms with Crippen LogP contribution in [0.5, 0.6) is 5.75 Å². The summed E-state index contributed by atoms with van der Waals surface area (Å²) in [5.41, 5.74) is 2.10. The Hall–Kier alpha value is -4.78. The summed E-state index contributed by atoms with van der Waals surface area (Å²) < 4.78 is 100. The molecule has 2 saturated heterocycles. The van der Waals surface area contributed by atoms with E-state index < -0.39 is 51.1 Å². The highest BCUT2D eigenvalue weighted by Crippen LogP contribution is 2.54. The normalized spacial score (nSPS) is 15.3. The quantitative estimate of drug-likeness (QED) is 0.0165. The molecule has 2 aliphatic rings. The molecule has 2 fully saturated rings. The van der Waals surface area contributed by atoms with Crippen LogP contribution in [-0.4, -0.2) is 212 Å². The van der Waals surface area contributed by atoms with Gasteiger partial charge in [0, 0.05) is 62.4 Å². The number of aromatic nitrogens is 7. The molecule has 23 nitrogen and oxygen atoms in total. The highest BCUT2D eigenvalue weighted by atomic mass is 35.5. The van der Waals surface area contributed by atoms with Gasteiger partial charge in [-0.15, -0.1) is 17.9 Å². The van der Waals surface area contributed by atoms with Gasteiger partial charge in [-0.1, -0.05) is 12.1 Å². The van der Waals surface area contributed by atoms with E-state index in [1.165, 1.54) is 0 Å². The zero-order valence-corrected chi connectivity index (χ0v) is 50.5. The zero-order chi connectivity index (χ0) is 60.5. The molecule has 29 heteroatoms. The third kappa shape index (κ3) is 26.1. The molecule has 5 aromatic rings. The van der Waals surface area contributed by atoms with E-state index in [1.807, 2.05) is 23.0 Å². The van der Waals surface area contributed by atoms with Crippen molar-refractivity contribution in [3.63, 3.8) is 0 Å². The molecule has 2 aliphatic heterocycles. The van der Waals surface area contributed by atoms with Gasteiger partial charge in [-0.25, -0.2) is 22.5 Å². The molecule has 2 unspecified atom stereocenters. The highest BCUT2D eigenvalue weighted by Gasteiger charge is 2.30. The van der Waals surface area contributed by atoms with Crippen molar-refractivity contribution in [1.29, 1.82) is 0 Å². The van der Waals surface area contributed by atoms with Gasteiger partial charge in [0.15, 0.2) is 17.8 Å². The molecule has 7 rings (SSSR count). The Morgan fingerprint density at radius 3 is 1.86 bits per heavy atom. The lowest BCUT2D eigenvalue weighted by molar-refractivity contribution is -0.119. The van der Waals surface area contributed by atoms with Gasteiger partial charge >= 0.3 is 0 Å². The summed E-state index contributed by atoms with van der Waals surface area (Å²) in [6, 6.07) is 9.24. The Balaban J connectivity index is 0.00000119. The van der Waals surface area contributed by atoms with E-state index in [2.05, 4.69) is 67.1 Å². The second-order valence-corrected chi connectivity index (χ2v) is 24.9. The summed E-state index contributed by atoms with van der Waals surface area (Å²) >= 11 is 6.43. The molecule has 2 atom stereocenters. The molecule has 3 aromatic heterocycles. The summed E-state index contributed by atoms with van der Waals surface area (Å²) in [6.45, 7) is 15.6. The fourth-order valence-electron chi connectivity index (χ4n) is 8.44. The van der Waals surface area contributed by atoms with Crippen LogP contribution in [0.1, 0.15) is 50.1 Å². The number of hydrogen-bond acceptors (Lipinski definition) is 21. The van der Waals surface area contributed by atoms with Crippen LogP contribution in [0, 0.1) is 30.3 Å². The van der Waals surface area contributed by atoms with Gasteiger partial charge in [0.05, 0.1) is 149 Å². The number of fused-ring (bicyclic) bond motifs is 1. The van der Waals surface area contributed by atoms with E-state index in [-0.39, 0.29) is 43.2 Å². The lowest BCUT2D eigenvalue weighted by atomic mass is 10.1. The van der Waals surface area contributed by atoms with Crippen LogP contribution < -0.4 is 14.5 Å². The van der Waals surface area contributed by atoms with Crippen molar-refractivity contribution in [3.05, 3.63) is 82.8 Å². The first kappa shape index (κ1) is 70.0. The maximum Gasteiger partial charge on any atom is 0.226 e. The molecule has 0 bridgehead atoms. The van der Waals surface area contributed by atoms with Gasteiger partial charge in [0.1, 0.15) is 54.6 Å². The second kappa shape index (κ2) is 39.1. The first-order valence-corrected chi connectivity index (χ1v) is 32.3. The second-order valence-electron chi connectivity index (χ2n) is 19.4. The number of carbonyl (C=O) groups excluding carboxylic acids is 1. The highest BCUT2D eigenvalue weighted by molar-refractivity contribution is 7.77. The largest absolute Gasteiger partial charge is 0.491 e. The van der Waals surface area contributed by atoms with Crippen LogP contribution in [0.2, 0.25) is 5.28 Å². The van der Waals surface area contributed by atoms with Gasteiger partial charge in [-0.2, -0.15) is 15.1 Å². The van der Waals surface area contributed by atoms with Crippen molar-refractivity contribution >= 4 is 55.8 Å². The van der Waals surface area contributed by atoms with E-state index in [4.69, 9.17) is 73.6 Å². The molecular weight excluding hydrogens is 1170 g/mol. The number of nitrogens with zero attached hydrogens (tertiary/aromatic N) is 9. The Morgan fingerprint density at radius 1 is 0.762 bits per heavy atom. The average Bonchev–Trinajstić information content (AvgIpc) is 2.65. The van der Waals surface area contributed by atoms with E-state index in [1.54, 1.807) is 24.2 Å². The predicted octanol–water partition coefficient (Wildman–Crippen LogP) is 6.49. The summed E-state index contributed by atoms with van der Waals surface area (Å²) in [5.74, 6) is -1.85. The average molecular weight is 1250 g/mol. The van der Waals surface area contributed by atoms with Crippen molar-refractivity contribution in [1.82, 2.24) is 34.7 Å². The number of piperazine rings is 1. The van der Waals surface area contributed by atoms with E-state index in [0.717, 1.165) is 68.1 Å². The van der Waals surface area contributed by atoms with E-state index in [0.29, 0.717) is 129 Å². The number of Topliss-reactive ketones (excluding diaryl/α,β-unsaturated/α-hetero) is 1.